The first kappa shape index (κ1) is 11.5. The van der Waals surface area contributed by atoms with Gasteiger partial charge in [0.25, 0.3) is 0 Å². The Balaban J connectivity index is 3.26. The van der Waals surface area contributed by atoms with Crippen molar-refractivity contribution in [3.05, 3.63) is 28.2 Å². The zero-order valence-electron chi connectivity index (χ0n) is 8.68. The Labute approximate surface area is 88.4 Å². The van der Waals surface area contributed by atoms with E-state index in [9.17, 15) is 8.42 Å². The number of nitrogens with zero attached hydrogens (tertiary/aromatic N) is 2. The maximum Gasteiger partial charge on any atom is 0.388 e. The minimum Gasteiger partial charge on any atom is -0.382 e. The largest absolute Gasteiger partial charge is 0.388 e. The maximum atomic E-state index is 10.9. The lowest BCUT2D eigenvalue weighted by molar-refractivity contribution is 0.491. The molecular weight excluding hydrogens is 216 g/mol. The lowest BCUT2D eigenvalue weighted by Gasteiger charge is -2.06. The van der Waals surface area contributed by atoms with Gasteiger partial charge in [-0.1, -0.05) is 0 Å². The highest BCUT2D eigenvalue weighted by atomic mass is 32.2. The van der Waals surface area contributed by atoms with Crippen molar-refractivity contribution in [2.75, 3.05) is 6.26 Å². The first-order valence-corrected chi connectivity index (χ1v) is 6.01. The zero-order valence-corrected chi connectivity index (χ0v) is 9.50. The molecule has 0 spiro atoms. The highest BCUT2D eigenvalue weighted by Gasteiger charge is 2.17. The molecule has 0 radical (unpaired) electrons. The third-order valence-electron chi connectivity index (χ3n) is 2.06. The van der Waals surface area contributed by atoms with Crippen molar-refractivity contribution in [1.29, 1.82) is 5.39 Å². The van der Waals surface area contributed by atoms with Crippen LogP contribution in [-0.4, -0.2) is 14.7 Å². The van der Waals surface area contributed by atoms with E-state index in [1.165, 1.54) is 12.1 Å². The molecular formula is C9H11N2O3S+. The monoisotopic (exact) mass is 227 g/mol. The van der Waals surface area contributed by atoms with Gasteiger partial charge in [0.15, 0.2) is 4.98 Å². The van der Waals surface area contributed by atoms with Crippen molar-refractivity contribution in [3.8, 4) is 5.75 Å². The molecule has 0 aromatic heterocycles. The van der Waals surface area contributed by atoms with Crippen LogP contribution in [0.2, 0.25) is 0 Å². The second-order valence-electron chi connectivity index (χ2n) is 3.22. The smallest absolute Gasteiger partial charge is 0.382 e. The Bertz CT molecular complexity index is 529. The average molecular weight is 227 g/mol. The van der Waals surface area contributed by atoms with Crippen LogP contribution in [0.5, 0.6) is 5.75 Å². The van der Waals surface area contributed by atoms with Crippen LogP contribution in [0, 0.1) is 19.2 Å². The van der Waals surface area contributed by atoms with Crippen molar-refractivity contribution in [2.45, 2.75) is 13.8 Å². The van der Waals surface area contributed by atoms with E-state index in [0.29, 0.717) is 16.8 Å². The molecule has 0 saturated heterocycles. The van der Waals surface area contributed by atoms with Crippen LogP contribution in [0.25, 0.3) is 4.98 Å². The van der Waals surface area contributed by atoms with Crippen molar-refractivity contribution < 1.29 is 12.6 Å². The van der Waals surface area contributed by atoms with Gasteiger partial charge in [0.2, 0.25) is 5.39 Å². The molecule has 80 valence electrons. The van der Waals surface area contributed by atoms with Crippen molar-refractivity contribution in [2.24, 2.45) is 0 Å². The van der Waals surface area contributed by atoms with E-state index < -0.39 is 10.1 Å². The summed E-state index contributed by atoms with van der Waals surface area (Å²) >= 11 is 0. The van der Waals surface area contributed by atoms with Gasteiger partial charge in [-0.15, -0.1) is 0 Å². The third kappa shape index (κ3) is 2.67. The molecule has 0 heterocycles. The van der Waals surface area contributed by atoms with E-state index in [0.717, 1.165) is 6.26 Å². The molecule has 1 aromatic rings. The zero-order chi connectivity index (χ0) is 11.6. The van der Waals surface area contributed by atoms with Crippen LogP contribution in [0.4, 0.5) is 5.69 Å². The molecule has 0 aliphatic carbocycles. The van der Waals surface area contributed by atoms with Crippen LogP contribution in [0.3, 0.4) is 0 Å². The second kappa shape index (κ2) is 3.87. The van der Waals surface area contributed by atoms with Gasteiger partial charge < -0.3 is 4.18 Å². The number of diazo groups is 1. The molecule has 1 rings (SSSR count). The van der Waals surface area contributed by atoms with Gasteiger partial charge in [-0.05, 0) is 19.9 Å². The first-order valence-electron chi connectivity index (χ1n) is 4.20. The molecule has 0 atom stereocenters. The Kier molecular flexibility index (Phi) is 2.95. The summed E-state index contributed by atoms with van der Waals surface area (Å²) in [5.74, 6) is 0.252. The summed E-state index contributed by atoms with van der Waals surface area (Å²) in [6.45, 7) is 3.42. The first-order chi connectivity index (χ1) is 6.85. The quantitative estimate of drug-likeness (QED) is 0.573. The van der Waals surface area contributed by atoms with Gasteiger partial charge in [0.1, 0.15) is 5.75 Å². The Morgan fingerprint density at radius 2 is 1.87 bits per heavy atom. The molecule has 0 unspecified atom stereocenters. The Hall–Kier alpha value is -1.61. The Morgan fingerprint density at radius 3 is 2.33 bits per heavy atom. The predicted molar refractivity (Wildman–Crippen MR) is 56.1 cm³/mol. The standard InChI is InChI=1S/C9H11N2O3S/c1-6-7(2)9(14-15(3,12)13)5-4-8(6)11-10/h4-5H,1-3H3/q+1. The SMILES string of the molecule is Cc1c([N+]#N)ccc(OS(C)(=O)=O)c1C. The molecule has 0 aliphatic heterocycles. The van der Waals surface area contributed by atoms with E-state index in [1.807, 2.05) is 0 Å². The fourth-order valence-corrected chi connectivity index (χ4v) is 1.65. The van der Waals surface area contributed by atoms with Gasteiger partial charge in [-0.3, -0.25) is 0 Å². The van der Waals surface area contributed by atoms with Crippen LogP contribution in [0.1, 0.15) is 11.1 Å². The van der Waals surface area contributed by atoms with Crippen molar-refractivity contribution >= 4 is 15.8 Å². The molecule has 0 bridgehead atoms. The maximum absolute atomic E-state index is 10.9. The molecule has 5 nitrogen and oxygen atoms in total. The van der Waals surface area contributed by atoms with Gasteiger partial charge >= 0.3 is 15.8 Å². The summed E-state index contributed by atoms with van der Waals surface area (Å²) in [6.07, 6.45) is 0.978. The fraction of sp³-hybridized carbons (Fsp3) is 0.333. The highest BCUT2D eigenvalue weighted by molar-refractivity contribution is 7.86. The highest BCUT2D eigenvalue weighted by Crippen LogP contribution is 2.29. The van der Waals surface area contributed by atoms with Crippen molar-refractivity contribution in [3.63, 3.8) is 0 Å². The number of hydrogen-bond donors (Lipinski definition) is 0. The van der Waals surface area contributed by atoms with E-state index >= 15 is 0 Å². The van der Waals surface area contributed by atoms with Crippen LogP contribution in [-0.2, 0) is 10.1 Å². The minimum absolute atomic E-state index is 0.252. The van der Waals surface area contributed by atoms with Gasteiger partial charge in [0, 0.05) is 11.6 Å². The summed E-state index contributed by atoms with van der Waals surface area (Å²) in [7, 11) is -3.53. The second-order valence-corrected chi connectivity index (χ2v) is 4.80. The van der Waals surface area contributed by atoms with E-state index in [4.69, 9.17) is 9.58 Å². The Morgan fingerprint density at radius 1 is 1.27 bits per heavy atom. The molecule has 0 N–H and O–H groups in total. The van der Waals surface area contributed by atoms with Gasteiger partial charge in [-0.25, -0.2) is 0 Å². The molecule has 0 aliphatic rings. The minimum atomic E-state index is -3.53. The van der Waals surface area contributed by atoms with Crippen molar-refractivity contribution in [1.82, 2.24) is 0 Å². The lowest BCUT2D eigenvalue weighted by Crippen LogP contribution is -2.07. The summed E-state index contributed by atoms with van der Waals surface area (Å²) in [4.78, 5) is 3.06. The summed E-state index contributed by atoms with van der Waals surface area (Å²) < 4.78 is 26.6. The molecule has 15 heavy (non-hydrogen) atoms. The summed E-state index contributed by atoms with van der Waals surface area (Å²) in [6, 6.07) is 2.95. The van der Waals surface area contributed by atoms with E-state index in [-0.39, 0.29) is 5.75 Å². The molecule has 0 amide bonds. The van der Waals surface area contributed by atoms with Crippen LogP contribution in [0.15, 0.2) is 12.1 Å². The number of hydrogen-bond acceptors (Lipinski definition) is 4. The van der Waals surface area contributed by atoms with Gasteiger partial charge in [-0.2, -0.15) is 8.42 Å². The summed E-state index contributed by atoms with van der Waals surface area (Å²) in [5.41, 5.74) is 1.71. The van der Waals surface area contributed by atoms with E-state index in [2.05, 4.69) is 4.98 Å². The average Bonchev–Trinajstić information content (AvgIpc) is 2.11. The molecule has 0 fully saturated rings. The molecule has 0 saturated carbocycles. The van der Waals surface area contributed by atoms with Crippen LogP contribution >= 0.6 is 0 Å². The summed E-state index contributed by atoms with van der Waals surface area (Å²) in [5, 5.41) is 8.63. The van der Waals surface area contributed by atoms with E-state index in [1.54, 1.807) is 13.8 Å². The topological polar surface area (TPSA) is 71.5 Å². The number of rotatable bonds is 2. The molecule has 6 heteroatoms. The predicted octanol–water partition coefficient (Wildman–Crippen LogP) is 2.13. The molecule has 1 aromatic carbocycles. The third-order valence-corrected chi connectivity index (χ3v) is 2.54. The lowest BCUT2D eigenvalue weighted by atomic mass is 10.1. The van der Waals surface area contributed by atoms with Gasteiger partial charge in [0.05, 0.1) is 11.8 Å². The fourth-order valence-electron chi connectivity index (χ4n) is 1.14. The van der Waals surface area contributed by atoms with Crippen LogP contribution < -0.4 is 4.18 Å². The normalized spacial score (nSPS) is 10.8. The number of benzene rings is 1.